The minimum atomic E-state index is -0.134. The van der Waals surface area contributed by atoms with Crippen molar-refractivity contribution in [1.29, 1.82) is 0 Å². The molecule has 2 aromatic rings. The molecule has 1 amide bonds. The van der Waals surface area contributed by atoms with Gasteiger partial charge in [-0.3, -0.25) is 4.79 Å². The molecule has 20 heavy (non-hydrogen) atoms. The first kappa shape index (κ1) is 15.1. The van der Waals surface area contributed by atoms with Crippen LogP contribution in [0.3, 0.4) is 0 Å². The number of carbonyl (C=O) groups excluding carboxylic acids is 1. The number of rotatable bonds is 4. The van der Waals surface area contributed by atoms with Crippen LogP contribution in [0.25, 0.3) is 0 Å². The molecular weight excluding hydrogens is 389 g/mol. The van der Waals surface area contributed by atoms with E-state index in [0.29, 0.717) is 17.1 Å². The molecule has 0 aromatic heterocycles. The highest BCUT2D eigenvalue weighted by molar-refractivity contribution is 14.1. The summed E-state index contributed by atoms with van der Waals surface area (Å²) in [6.45, 7) is 0.404. The van der Waals surface area contributed by atoms with E-state index in [1.54, 1.807) is 31.4 Å². The van der Waals surface area contributed by atoms with E-state index < -0.39 is 0 Å². The van der Waals surface area contributed by atoms with Crippen LogP contribution in [0.2, 0.25) is 5.02 Å². The molecule has 0 aliphatic rings. The molecule has 0 spiro atoms. The topological polar surface area (TPSA) is 38.3 Å². The van der Waals surface area contributed by atoms with Gasteiger partial charge in [-0.05, 0) is 52.4 Å². The van der Waals surface area contributed by atoms with E-state index in [-0.39, 0.29) is 5.91 Å². The molecule has 0 fully saturated rings. The number of halogens is 2. The zero-order valence-electron chi connectivity index (χ0n) is 10.8. The van der Waals surface area contributed by atoms with E-state index in [2.05, 4.69) is 27.9 Å². The van der Waals surface area contributed by atoms with Crippen LogP contribution in [0.1, 0.15) is 15.9 Å². The van der Waals surface area contributed by atoms with E-state index in [0.717, 1.165) is 14.9 Å². The van der Waals surface area contributed by atoms with Crippen molar-refractivity contribution in [2.45, 2.75) is 6.54 Å². The van der Waals surface area contributed by atoms with Crippen molar-refractivity contribution in [3.63, 3.8) is 0 Å². The predicted molar refractivity (Wildman–Crippen MR) is 88.3 cm³/mol. The Labute approximate surface area is 136 Å². The number of nitrogens with one attached hydrogen (secondary N) is 1. The second-order valence-corrected chi connectivity index (χ2v) is 5.69. The minimum absolute atomic E-state index is 0.134. The zero-order chi connectivity index (χ0) is 14.5. The number of benzene rings is 2. The molecule has 0 aliphatic heterocycles. The van der Waals surface area contributed by atoms with Crippen LogP contribution in [0, 0.1) is 3.57 Å². The molecule has 0 saturated heterocycles. The summed E-state index contributed by atoms with van der Waals surface area (Å²) in [7, 11) is 1.61. The molecule has 0 radical (unpaired) electrons. The van der Waals surface area contributed by atoms with Crippen LogP contribution >= 0.6 is 34.2 Å². The van der Waals surface area contributed by atoms with Crippen LogP contribution in [0.15, 0.2) is 42.5 Å². The van der Waals surface area contributed by atoms with E-state index in [4.69, 9.17) is 16.3 Å². The summed E-state index contributed by atoms with van der Waals surface area (Å²) >= 11 is 8.19. The molecule has 104 valence electrons. The first-order valence-corrected chi connectivity index (χ1v) is 7.42. The Morgan fingerprint density at radius 3 is 2.70 bits per heavy atom. The Bertz CT molecular complexity index is 631. The van der Waals surface area contributed by atoms with Crippen molar-refractivity contribution >= 4 is 40.1 Å². The van der Waals surface area contributed by atoms with Gasteiger partial charge in [0.25, 0.3) is 5.91 Å². The molecule has 0 atom stereocenters. The van der Waals surface area contributed by atoms with Gasteiger partial charge in [0.05, 0.1) is 10.7 Å². The summed E-state index contributed by atoms with van der Waals surface area (Å²) in [5.41, 5.74) is 1.49. The number of methoxy groups -OCH3 is 1. The summed E-state index contributed by atoms with van der Waals surface area (Å²) < 4.78 is 6.07. The first-order valence-electron chi connectivity index (χ1n) is 5.97. The average Bonchev–Trinajstić information content (AvgIpc) is 2.46. The lowest BCUT2D eigenvalue weighted by Crippen LogP contribution is -2.23. The molecule has 0 aliphatic carbocycles. The van der Waals surface area contributed by atoms with Gasteiger partial charge in [-0.25, -0.2) is 0 Å². The van der Waals surface area contributed by atoms with Gasteiger partial charge in [0.1, 0.15) is 5.75 Å². The molecule has 5 heteroatoms. The maximum Gasteiger partial charge on any atom is 0.251 e. The van der Waals surface area contributed by atoms with E-state index in [1.165, 1.54) is 0 Å². The highest BCUT2D eigenvalue weighted by atomic mass is 127. The fourth-order valence-corrected chi connectivity index (χ4v) is 2.66. The van der Waals surface area contributed by atoms with Gasteiger partial charge in [0.15, 0.2) is 0 Å². The Hall–Kier alpha value is -1.27. The Morgan fingerprint density at radius 2 is 2.05 bits per heavy atom. The molecule has 2 aromatic carbocycles. The molecule has 0 unspecified atom stereocenters. The van der Waals surface area contributed by atoms with E-state index >= 15 is 0 Å². The molecule has 1 N–H and O–H groups in total. The molecular formula is C15H13ClINO2. The van der Waals surface area contributed by atoms with Crippen molar-refractivity contribution in [1.82, 2.24) is 5.32 Å². The first-order chi connectivity index (χ1) is 9.61. The standard InChI is InChI=1S/C15H13ClINO2/c1-20-14-7-6-10(8-13(14)17)15(19)18-9-11-4-2-3-5-12(11)16/h2-8H,9H2,1H3,(H,18,19). The second-order valence-electron chi connectivity index (χ2n) is 4.12. The van der Waals surface area contributed by atoms with Crippen LogP contribution in [-0.4, -0.2) is 13.0 Å². The van der Waals surface area contributed by atoms with Crippen molar-refractivity contribution < 1.29 is 9.53 Å². The van der Waals surface area contributed by atoms with Crippen molar-refractivity contribution in [3.8, 4) is 5.75 Å². The summed E-state index contributed by atoms with van der Waals surface area (Å²) in [6.07, 6.45) is 0. The monoisotopic (exact) mass is 401 g/mol. The predicted octanol–water partition coefficient (Wildman–Crippen LogP) is 3.88. The van der Waals surface area contributed by atoms with Gasteiger partial charge >= 0.3 is 0 Å². The SMILES string of the molecule is COc1ccc(C(=O)NCc2ccccc2Cl)cc1I. The zero-order valence-corrected chi connectivity index (χ0v) is 13.7. The Morgan fingerprint density at radius 1 is 1.30 bits per heavy atom. The highest BCUT2D eigenvalue weighted by Gasteiger charge is 2.09. The van der Waals surface area contributed by atoms with Crippen molar-refractivity contribution in [2.24, 2.45) is 0 Å². The Kier molecular flexibility index (Phi) is 5.25. The van der Waals surface area contributed by atoms with Crippen LogP contribution in [0.5, 0.6) is 5.75 Å². The fourth-order valence-electron chi connectivity index (χ4n) is 1.73. The number of hydrogen-bond donors (Lipinski definition) is 1. The number of ether oxygens (including phenoxy) is 1. The van der Waals surface area contributed by atoms with Gasteiger partial charge in [-0.15, -0.1) is 0 Å². The van der Waals surface area contributed by atoms with Crippen molar-refractivity contribution in [3.05, 3.63) is 62.2 Å². The summed E-state index contributed by atoms with van der Waals surface area (Å²) in [6, 6.07) is 12.8. The number of amides is 1. The largest absolute Gasteiger partial charge is 0.496 e. The molecule has 0 bridgehead atoms. The molecule has 0 saturated carbocycles. The molecule has 2 rings (SSSR count). The van der Waals surface area contributed by atoms with Crippen LogP contribution in [0.4, 0.5) is 0 Å². The summed E-state index contributed by atoms with van der Waals surface area (Å²) in [5.74, 6) is 0.624. The summed E-state index contributed by atoms with van der Waals surface area (Å²) in [5, 5.41) is 3.50. The lowest BCUT2D eigenvalue weighted by molar-refractivity contribution is 0.0951. The lowest BCUT2D eigenvalue weighted by atomic mass is 10.2. The molecule has 0 heterocycles. The van der Waals surface area contributed by atoms with Crippen LogP contribution in [-0.2, 0) is 6.54 Å². The third-order valence-corrected chi connectivity index (χ3v) is 4.02. The quantitative estimate of drug-likeness (QED) is 0.790. The van der Waals surface area contributed by atoms with Gasteiger partial charge in [0, 0.05) is 17.1 Å². The van der Waals surface area contributed by atoms with Crippen LogP contribution < -0.4 is 10.1 Å². The molecule has 3 nitrogen and oxygen atoms in total. The lowest BCUT2D eigenvalue weighted by Gasteiger charge is -2.08. The Balaban J connectivity index is 2.05. The van der Waals surface area contributed by atoms with Gasteiger partial charge < -0.3 is 10.1 Å². The van der Waals surface area contributed by atoms with Crippen molar-refractivity contribution in [2.75, 3.05) is 7.11 Å². The third-order valence-electron chi connectivity index (χ3n) is 2.81. The number of carbonyl (C=O) groups is 1. The van der Waals surface area contributed by atoms with Gasteiger partial charge in [0.2, 0.25) is 0 Å². The van der Waals surface area contributed by atoms with E-state index in [9.17, 15) is 4.79 Å². The normalized spacial score (nSPS) is 10.2. The highest BCUT2D eigenvalue weighted by Crippen LogP contribution is 2.21. The van der Waals surface area contributed by atoms with Gasteiger partial charge in [-0.1, -0.05) is 29.8 Å². The maximum absolute atomic E-state index is 12.1. The fraction of sp³-hybridized carbons (Fsp3) is 0.133. The maximum atomic E-state index is 12.1. The summed E-state index contributed by atoms with van der Waals surface area (Å²) in [4.78, 5) is 12.1. The minimum Gasteiger partial charge on any atom is -0.496 e. The van der Waals surface area contributed by atoms with E-state index in [1.807, 2.05) is 18.2 Å². The third kappa shape index (κ3) is 3.64. The second kappa shape index (κ2) is 6.95. The van der Waals surface area contributed by atoms with Gasteiger partial charge in [-0.2, -0.15) is 0 Å². The smallest absolute Gasteiger partial charge is 0.251 e. The number of hydrogen-bond acceptors (Lipinski definition) is 2. The average molecular weight is 402 g/mol.